The van der Waals surface area contributed by atoms with Crippen molar-refractivity contribution in [3.8, 4) is 0 Å². The van der Waals surface area contributed by atoms with Crippen LogP contribution in [-0.4, -0.2) is 23.2 Å². The Morgan fingerprint density at radius 2 is 2.00 bits per heavy atom. The third kappa shape index (κ3) is 3.44. The monoisotopic (exact) mass is 358 g/mol. The average molecular weight is 359 g/mol. The second kappa shape index (κ2) is 6.47. The minimum absolute atomic E-state index is 0.121. The first-order valence-electron chi connectivity index (χ1n) is 6.08. The average Bonchev–Trinajstić information content (AvgIpc) is 2.93. The normalized spacial score (nSPS) is 11.7. The summed E-state index contributed by atoms with van der Waals surface area (Å²) < 4.78 is 28.6. The first-order chi connectivity index (χ1) is 9.56. The molecule has 0 saturated carbocycles. The lowest BCUT2D eigenvalue weighted by Gasteiger charge is -2.07. The summed E-state index contributed by atoms with van der Waals surface area (Å²) in [5.41, 5.74) is 1.02. The summed E-state index contributed by atoms with van der Waals surface area (Å²) in [7, 11) is -3.53. The number of nitrogens with one attached hydrogen (secondary N) is 1. The molecule has 1 aromatic carbocycles. The fraction of sp³-hybridized carbons (Fsp3) is 0.333. The van der Waals surface area contributed by atoms with Crippen molar-refractivity contribution in [2.24, 2.45) is 0 Å². The van der Waals surface area contributed by atoms with Crippen molar-refractivity contribution in [3.05, 3.63) is 42.0 Å². The Bertz CT molecular complexity index is 667. The van der Waals surface area contributed by atoms with Crippen molar-refractivity contribution in [2.75, 3.05) is 0 Å². The fourth-order valence-corrected chi connectivity index (χ4v) is 3.03. The second-order valence-electron chi connectivity index (χ2n) is 4.14. The molecule has 0 spiro atoms. The van der Waals surface area contributed by atoms with Crippen molar-refractivity contribution in [1.29, 1.82) is 0 Å². The van der Waals surface area contributed by atoms with Crippen LogP contribution in [0.2, 0.25) is 0 Å². The zero-order chi connectivity index (χ0) is 14.6. The third-order valence-electron chi connectivity index (χ3n) is 2.84. The summed E-state index contributed by atoms with van der Waals surface area (Å²) in [5.74, 6) is 0.591. The van der Waals surface area contributed by atoms with Gasteiger partial charge < -0.3 is 4.57 Å². The number of benzene rings is 1. The summed E-state index contributed by atoms with van der Waals surface area (Å²) in [4.78, 5) is 0.241. The summed E-state index contributed by atoms with van der Waals surface area (Å²) in [6, 6.07) is 6.72. The van der Waals surface area contributed by atoms with Gasteiger partial charge in [0.1, 0.15) is 12.2 Å². The predicted molar refractivity (Wildman–Crippen MR) is 78.8 cm³/mol. The van der Waals surface area contributed by atoms with Gasteiger partial charge in [-0.15, -0.1) is 10.2 Å². The van der Waals surface area contributed by atoms with Crippen LogP contribution in [0.15, 0.2) is 35.5 Å². The topological polar surface area (TPSA) is 76.9 Å². The summed E-state index contributed by atoms with van der Waals surface area (Å²) in [6.07, 6.45) is 1.58. The van der Waals surface area contributed by atoms with Gasteiger partial charge in [0.25, 0.3) is 0 Å². The molecule has 1 N–H and O–H groups in total. The molecule has 0 atom stereocenters. The highest BCUT2D eigenvalue weighted by molar-refractivity contribution is 9.08. The third-order valence-corrected chi connectivity index (χ3v) is 4.91. The molecule has 1 aromatic heterocycles. The first kappa shape index (κ1) is 15.1. The maximum absolute atomic E-state index is 12.1. The lowest BCUT2D eigenvalue weighted by molar-refractivity contribution is 0.575. The number of alkyl halides is 1. The van der Waals surface area contributed by atoms with E-state index >= 15 is 0 Å². The van der Waals surface area contributed by atoms with Crippen molar-refractivity contribution >= 4 is 26.0 Å². The van der Waals surface area contributed by atoms with Crippen molar-refractivity contribution in [3.63, 3.8) is 0 Å². The number of aromatic nitrogens is 3. The Labute approximate surface area is 126 Å². The van der Waals surface area contributed by atoms with Gasteiger partial charge in [0.15, 0.2) is 0 Å². The van der Waals surface area contributed by atoms with E-state index < -0.39 is 10.0 Å². The van der Waals surface area contributed by atoms with Gasteiger partial charge in [0, 0.05) is 11.9 Å². The highest BCUT2D eigenvalue weighted by Gasteiger charge is 2.15. The van der Waals surface area contributed by atoms with Gasteiger partial charge in [-0.3, -0.25) is 0 Å². The molecule has 20 heavy (non-hydrogen) atoms. The van der Waals surface area contributed by atoms with E-state index in [9.17, 15) is 8.42 Å². The molecule has 0 radical (unpaired) electrons. The van der Waals surface area contributed by atoms with E-state index in [-0.39, 0.29) is 11.4 Å². The Hall–Kier alpha value is -1.25. The fourth-order valence-electron chi connectivity index (χ4n) is 1.68. The minimum atomic E-state index is -3.53. The molecule has 0 unspecified atom stereocenters. The standard InChI is InChI=1S/C12H15BrN4O2S/c1-2-17-9-14-16-12(17)8-15-20(18,19)11-5-3-10(7-13)4-6-11/h3-6,9,15H,2,7-8H2,1H3. The molecular formula is C12H15BrN4O2S. The number of sulfonamides is 1. The van der Waals surface area contributed by atoms with Crippen molar-refractivity contribution in [1.82, 2.24) is 19.5 Å². The van der Waals surface area contributed by atoms with Gasteiger partial charge >= 0.3 is 0 Å². The lowest BCUT2D eigenvalue weighted by atomic mass is 10.2. The highest BCUT2D eigenvalue weighted by atomic mass is 79.9. The molecule has 0 amide bonds. The summed E-state index contributed by atoms with van der Waals surface area (Å²) in [5, 5.41) is 8.35. The zero-order valence-electron chi connectivity index (χ0n) is 11.0. The van der Waals surface area contributed by atoms with E-state index in [0.29, 0.717) is 17.7 Å². The number of nitrogens with zero attached hydrogens (tertiary/aromatic N) is 3. The van der Waals surface area contributed by atoms with Crippen LogP contribution in [0.3, 0.4) is 0 Å². The SMILES string of the molecule is CCn1cnnc1CNS(=O)(=O)c1ccc(CBr)cc1. The Kier molecular flexibility index (Phi) is 4.90. The van der Waals surface area contributed by atoms with Gasteiger partial charge in [-0.25, -0.2) is 13.1 Å². The minimum Gasteiger partial charge on any atom is -0.317 e. The molecule has 2 rings (SSSR count). The van der Waals surface area contributed by atoms with Crippen LogP contribution < -0.4 is 4.72 Å². The Balaban J connectivity index is 2.10. The summed E-state index contributed by atoms with van der Waals surface area (Å²) >= 11 is 3.32. The molecule has 108 valence electrons. The molecule has 0 saturated heterocycles. The van der Waals surface area contributed by atoms with Gasteiger partial charge in [0.05, 0.1) is 11.4 Å². The van der Waals surface area contributed by atoms with Crippen LogP contribution in [-0.2, 0) is 28.4 Å². The summed E-state index contributed by atoms with van der Waals surface area (Å²) in [6.45, 7) is 2.76. The van der Waals surface area contributed by atoms with Gasteiger partial charge in [-0.1, -0.05) is 28.1 Å². The maximum atomic E-state index is 12.1. The van der Waals surface area contributed by atoms with Crippen LogP contribution >= 0.6 is 15.9 Å². The van der Waals surface area contributed by atoms with Gasteiger partial charge in [-0.2, -0.15) is 0 Å². The van der Waals surface area contributed by atoms with Crippen LogP contribution in [0.1, 0.15) is 18.3 Å². The molecule has 8 heteroatoms. The molecule has 0 aliphatic rings. The van der Waals surface area contributed by atoms with Crippen LogP contribution in [0.5, 0.6) is 0 Å². The van der Waals surface area contributed by atoms with E-state index in [1.165, 1.54) is 0 Å². The van der Waals surface area contributed by atoms with E-state index in [4.69, 9.17) is 0 Å². The quantitative estimate of drug-likeness (QED) is 0.796. The number of hydrogen-bond donors (Lipinski definition) is 1. The second-order valence-corrected chi connectivity index (χ2v) is 6.46. The zero-order valence-corrected chi connectivity index (χ0v) is 13.4. The van der Waals surface area contributed by atoms with Crippen LogP contribution in [0.25, 0.3) is 0 Å². The molecule has 2 aromatic rings. The first-order valence-corrected chi connectivity index (χ1v) is 8.68. The number of aryl methyl sites for hydroxylation is 1. The molecule has 1 heterocycles. The smallest absolute Gasteiger partial charge is 0.240 e. The molecule has 6 nitrogen and oxygen atoms in total. The van der Waals surface area contributed by atoms with Crippen LogP contribution in [0.4, 0.5) is 0 Å². The van der Waals surface area contributed by atoms with Crippen molar-refractivity contribution in [2.45, 2.75) is 30.2 Å². The molecule has 0 fully saturated rings. The van der Waals surface area contributed by atoms with E-state index in [1.54, 1.807) is 35.2 Å². The van der Waals surface area contributed by atoms with Gasteiger partial charge in [0.2, 0.25) is 10.0 Å². The largest absolute Gasteiger partial charge is 0.317 e. The number of rotatable bonds is 6. The van der Waals surface area contributed by atoms with E-state index in [2.05, 4.69) is 30.8 Å². The molecular weight excluding hydrogens is 344 g/mol. The van der Waals surface area contributed by atoms with E-state index in [0.717, 1.165) is 5.56 Å². The number of hydrogen-bond acceptors (Lipinski definition) is 4. The van der Waals surface area contributed by atoms with Crippen molar-refractivity contribution < 1.29 is 8.42 Å². The van der Waals surface area contributed by atoms with Crippen LogP contribution in [0, 0.1) is 0 Å². The number of halogens is 1. The molecule has 0 aliphatic carbocycles. The Morgan fingerprint density at radius 3 is 2.60 bits per heavy atom. The molecule has 0 aliphatic heterocycles. The Morgan fingerprint density at radius 1 is 1.30 bits per heavy atom. The maximum Gasteiger partial charge on any atom is 0.240 e. The van der Waals surface area contributed by atoms with E-state index in [1.807, 2.05) is 6.92 Å². The molecule has 0 bridgehead atoms. The predicted octanol–water partition coefficient (Wildman–Crippen LogP) is 1.67. The highest BCUT2D eigenvalue weighted by Crippen LogP contribution is 2.12. The van der Waals surface area contributed by atoms with Gasteiger partial charge in [-0.05, 0) is 24.6 Å². The lowest BCUT2D eigenvalue weighted by Crippen LogP contribution is -2.25.